The molecule has 0 bridgehead atoms. The summed E-state index contributed by atoms with van der Waals surface area (Å²) in [4.78, 5) is 40.4. The SMILES string of the molecule is O=[N+]([O-])c1cc(C(F)(F)F)cc([N+](=O)[O-])c1Nc1cccc(Nc2c([N+](=O)[O-])cc(C(F)(F)F)cc2[N+](=O)[O-])c1. The molecule has 0 spiro atoms. The number of benzene rings is 3. The van der Waals surface area contributed by atoms with Gasteiger partial charge in [0.15, 0.2) is 11.4 Å². The second kappa shape index (κ2) is 10.3. The molecule has 0 saturated carbocycles. The lowest BCUT2D eigenvalue weighted by Gasteiger charge is -2.14. The number of nitrogens with zero attached hydrogens (tertiary/aromatic N) is 4. The van der Waals surface area contributed by atoms with Crippen LogP contribution in [0.1, 0.15) is 11.1 Å². The Morgan fingerprint density at radius 1 is 0.525 bits per heavy atom. The van der Waals surface area contributed by atoms with E-state index in [9.17, 15) is 66.8 Å². The minimum absolute atomic E-state index is 0.0480. The highest BCUT2D eigenvalue weighted by molar-refractivity contribution is 5.83. The van der Waals surface area contributed by atoms with E-state index in [0.29, 0.717) is 0 Å². The van der Waals surface area contributed by atoms with Gasteiger partial charge in [-0.2, -0.15) is 26.3 Å². The van der Waals surface area contributed by atoms with E-state index in [1.807, 2.05) is 0 Å². The number of nitro benzene ring substituents is 4. The van der Waals surface area contributed by atoms with E-state index in [1.165, 1.54) is 0 Å². The van der Waals surface area contributed by atoms with Gasteiger partial charge in [0.2, 0.25) is 0 Å². The second-order valence-electron chi connectivity index (χ2n) is 7.63. The second-order valence-corrected chi connectivity index (χ2v) is 7.63. The van der Waals surface area contributed by atoms with Crippen molar-refractivity contribution < 1.29 is 46.0 Å². The van der Waals surface area contributed by atoms with Crippen molar-refractivity contribution in [3.8, 4) is 0 Å². The van der Waals surface area contributed by atoms with Crippen molar-refractivity contribution in [2.45, 2.75) is 12.4 Å². The van der Waals surface area contributed by atoms with Gasteiger partial charge in [0, 0.05) is 35.6 Å². The van der Waals surface area contributed by atoms with E-state index >= 15 is 0 Å². The normalized spacial score (nSPS) is 11.6. The Kier molecular flexibility index (Phi) is 7.47. The molecule has 0 saturated heterocycles. The van der Waals surface area contributed by atoms with Crippen LogP contribution in [0.2, 0.25) is 0 Å². The van der Waals surface area contributed by atoms with E-state index < -0.39 is 77.3 Å². The first kappa shape index (κ1) is 29.0. The fraction of sp³-hybridized carbons (Fsp3) is 0.100. The Balaban J connectivity index is 2.13. The molecule has 0 unspecified atom stereocenters. The zero-order chi connectivity index (χ0) is 30.2. The molecule has 20 heteroatoms. The lowest BCUT2D eigenvalue weighted by Crippen LogP contribution is -2.10. The Bertz CT molecular complexity index is 1380. The summed E-state index contributed by atoms with van der Waals surface area (Å²) in [5, 5.41) is 50.1. The number of nitrogens with one attached hydrogen (secondary N) is 2. The van der Waals surface area contributed by atoms with E-state index in [-0.39, 0.29) is 35.6 Å². The first-order valence-electron chi connectivity index (χ1n) is 10.1. The quantitative estimate of drug-likeness (QED) is 0.163. The molecule has 40 heavy (non-hydrogen) atoms. The van der Waals surface area contributed by atoms with Gasteiger partial charge in [-0.15, -0.1) is 0 Å². The number of alkyl halides is 6. The molecule has 0 aliphatic carbocycles. The highest BCUT2D eigenvalue weighted by Crippen LogP contribution is 2.44. The van der Waals surface area contributed by atoms with E-state index in [2.05, 4.69) is 10.6 Å². The average molecular weight is 576 g/mol. The van der Waals surface area contributed by atoms with E-state index in [4.69, 9.17) is 0 Å². The molecule has 0 aromatic heterocycles. The van der Waals surface area contributed by atoms with Crippen LogP contribution in [-0.2, 0) is 12.4 Å². The maximum absolute atomic E-state index is 13.1. The molecule has 0 fully saturated rings. The lowest BCUT2D eigenvalue weighted by atomic mass is 10.1. The van der Waals surface area contributed by atoms with Crippen LogP contribution in [0.15, 0.2) is 48.5 Å². The zero-order valence-electron chi connectivity index (χ0n) is 18.9. The summed E-state index contributed by atoms with van der Waals surface area (Å²) in [7, 11) is 0. The standard InChI is InChI=1S/C20H10F6N6O8/c21-19(22,23)9-4-13(29(33)34)17(14(5-9)30(35)36)27-11-2-1-3-12(8-11)28-18-15(31(37)38)6-10(20(24,25)26)7-16(18)32(39)40/h1-8,27-28H. The van der Waals surface area contributed by atoms with Crippen molar-refractivity contribution in [3.63, 3.8) is 0 Å². The third kappa shape index (κ3) is 6.11. The molecule has 0 amide bonds. The van der Waals surface area contributed by atoms with Crippen LogP contribution in [0.25, 0.3) is 0 Å². The largest absolute Gasteiger partial charge is 0.416 e. The minimum Gasteiger partial charge on any atom is -0.344 e. The molecule has 3 aromatic rings. The Hall–Kier alpha value is -5.56. The molecule has 210 valence electrons. The number of nitro groups is 4. The fourth-order valence-corrected chi connectivity index (χ4v) is 3.35. The number of hydrogen-bond donors (Lipinski definition) is 2. The summed E-state index contributed by atoms with van der Waals surface area (Å²) in [6.45, 7) is 0. The monoisotopic (exact) mass is 576 g/mol. The van der Waals surface area contributed by atoms with Gasteiger partial charge in [0.1, 0.15) is 0 Å². The first-order chi connectivity index (χ1) is 18.4. The number of anilines is 4. The van der Waals surface area contributed by atoms with Crippen LogP contribution in [0.3, 0.4) is 0 Å². The van der Waals surface area contributed by atoms with Crippen LogP contribution in [-0.4, -0.2) is 19.7 Å². The van der Waals surface area contributed by atoms with Gasteiger partial charge >= 0.3 is 12.4 Å². The van der Waals surface area contributed by atoms with Crippen LogP contribution >= 0.6 is 0 Å². The molecule has 3 aromatic carbocycles. The van der Waals surface area contributed by atoms with Gasteiger partial charge in [0.25, 0.3) is 22.7 Å². The predicted molar refractivity (Wildman–Crippen MR) is 123 cm³/mol. The molecule has 0 heterocycles. The minimum atomic E-state index is -5.18. The van der Waals surface area contributed by atoms with Crippen LogP contribution < -0.4 is 10.6 Å². The van der Waals surface area contributed by atoms with E-state index in [0.717, 1.165) is 24.3 Å². The van der Waals surface area contributed by atoms with Crippen molar-refractivity contribution in [2.75, 3.05) is 10.6 Å². The smallest absolute Gasteiger partial charge is 0.344 e. The van der Waals surface area contributed by atoms with Crippen molar-refractivity contribution in [1.29, 1.82) is 0 Å². The van der Waals surface area contributed by atoms with Gasteiger partial charge < -0.3 is 10.6 Å². The molecule has 2 N–H and O–H groups in total. The topological polar surface area (TPSA) is 197 Å². The van der Waals surface area contributed by atoms with Crippen LogP contribution in [0, 0.1) is 40.5 Å². The fourth-order valence-electron chi connectivity index (χ4n) is 3.35. The Morgan fingerprint density at radius 3 is 1.02 bits per heavy atom. The summed E-state index contributed by atoms with van der Waals surface area (Å²) in [5.74, 6) is 0. The van der Waals surface area contributed by atoms with Crippen LogP contribution in [0.5, 0.6) is 0 Å². The molecule has 0 radical (unpaired) electrons. The van der Waals surface area contributed by atoms with Gasteiger partial charge in [-0.3, -0.25) is 40.5 Å². The van der Waals surface area contributed by atoms with Crippen molar-refractivity contribution in [1.82, 2.24) is 0 Å². The van der Waals surface area contributed by atoms with Gasteiger partial charge in [-0.1, -0.05) is 6.07 Å². The van der Waals surface area contributed by atoms with Gasteiger partial charge in [-0.25, -0.2) is 0 Å². The van der Waals surface area contributed by atoms with Crippen LogP contribution in [0.4, 0.5) is 71.8 Å². The maximum atomic E-state index is 13.1. The maximum Gasteiger partial charge on any atom is 0.416 e. The molecule has 0 atom stereocenters. The summed E-state index contributed by atoms with van der Waals surface area (Å²) >= 11 is 0. The summed E-state index contributed by atoms with van der Waals surface area (Å²) in [5.41, 5.74) is -11.3. The van der Waals surface area contributed by atoms with Crippen molar-refractivity contribution in [2.24, 2.45) is 0 Å². The molecule has 3 rings (SSSR count). The third-order valence-electron chi connectivity index (χ3n) is 5.04. The highest BCUT2D eigenvalue weighted by Gasteiger charge is 2.39. The number of halogens is 6. The van der Waals surface area contributed by atoms with Crippen molar-refractivity contribution in [3.05, 3.63) is 100 Å². The molecular weight excluding hydrogens is 566 g/mol. The first-order valence-corrected chi connectivity index (χ1v) is 10.1. The Morgan fingerprint density at radius 2 is 0.800 bits per heavy atom. The third-order valence-corrected chi connectivity index (χ3v) is 5.04. The zero-order valence-corrected chi connectivity index (χ0v) is 18.9. The average Bonchev–Trinajstić information content (AvgIpc) is 2.82. The van der Waals surface area contributed by atoms with Gasteiger partial charge in [-0.05, 0) is 18.2 Å². The van der Waals surface area contributed by atoms with E-state index in [1.54, 1.807) is 0 Å². The predicted octanol–water partition coefficient (Wildman–Crippen LogP) is 6.84. The summed E-state index contributed by atoms with van der Waals surface area (Å²) in [6.07, 6.45) is -10.4. The van der Waals surface area contributed by atoms with Gasteiger partial charge in [0.05, 0.1) is 30.8 Å². The molecular formula is C20H10F6N6O8. The summed E-state index contributed by atoms with van der Waals surface area (Å²) < 4.78 is 78.8. The highest BCUT2D eigenvalue weighted by atomic mass is 19.4. The molecule has 0 aliphatic heterocycles. The molecule has 14 nitrogen and oxygen atoms in total. The lowest BCUT2D eigenvalue weighted by molar-refractivity contribution is -0.392. The number of hydrogen-bond acceptors (Lipinski definition) is 10. The van der Waals surface area contributed by atoms with Crippen molar-refractivity contribution >= 4 is 45.5 Å². The summed E-state index contributed by atoms with van der Waals surface area (Å²) in [6, 6.07) is 4.44. The Labute approximate surface area is 215 Å². The number of rotatable bonds is 8. The molecule has 0 aliphatic rings.